The van der Waals surface area contributed by atoms with Gasteiger partial charge >= 0.3 is 0 Å². The molecule has 1 aromatic carbocycles. The largest absolute Gasteiger partial charge is 0.351 e. The zero-order valence-electron chi connectivity index (χ0n) is 15.4. The predicted octanol–water partition coefficient (Wildman–Crippen LogP) is 3.43. The first-order valence-corrected chi connectivity index (χ1v) is 9.01. The second-order valence-corrected chi connectivity index (χ2v) is 7.29. The van der Waals surface area contributed by atoms with Crippen LogP contribution in [0.15, 0.2) is 24.3 Å². The van der Waals surface area contributed by atoms with Gasteiger partial charge in [-0.15, -0.1) is 0 Å². The van der Waals surface area contributed by atoms with E-state index in [1.807, 2.05) is 36.1 Å². The van der Waals surface area contributed by atoms with Gasteiger partial charge in [-0.05, 0) is 57.6 Å². The number of piperidine rings is 1. The van der Waals surface area contributed by atoms with Crippen molar-refractivity contribution >= 4 is 11.8 Å². The molecule has 0 radical (unpaired) electrons. The van der Waals surface area contributed by atoms with Gasteiger partial charge in [-0.2, -0.15) is 0 Å². The lowest BCUT2D eigenvalue weighted by Crippen LogP contribution is -2.53. The van der Waals surface area contributed by atoms with E-state index in [1.165, 1.54) is 6.42 Å². The molecule has 1 aliphatic rings. The number of hydrogen-bond acceptors (Lipinski definition) is 2. The molecule has 1 N–H and O–H groups in total. The van der Waals surface area contributed by atoms with Crippen molar-refractivity contribution in [1.82, 2.24) is 10.2 Å². The fourth-order valence-corrected chi connectivity index (χ4v) is 3.35. The minimum atomic E-state index is -1.03. The van der Waals surface area contributed by atoms with Crippen LogP contribution in [-0.4, -0.2) is 29.3 Å². The number of nitrogens with one attached hydrogen (secondary N) is 1. The first-order valence-electron chi connectivity index (χ1n) is 9.01. The summed E-state index contributed by atoms with van der Waals surface area (Å²) < 4.78 is 0. The quantitative estimate of drug-likeness (QED) is 0.841. The predicted molar refractivity (Wildman–Crippen MR) is 96.4 cm³/mol. The summed E-state index contributed by atoms with van der Waals surface area (Å²) in [4.78, 5) is 27.6. The van der Waals surface area contributed by atoms with E-state index in [2.05, 4.69) is 12.2 Å². The van der Waals surface area contributed by atoms with Gasteiger partial charge < -0.3 is 10.2 Å². The van der Waals surface area contributed by atoms with E-state index >= 15 is 0 Å². The molecule has 1 aliphatic heterocycles. The van der Waals surface area contributed by atoms with Gasteiger partial charge in [0.05, 0.1) is 0 Å². The summed E-state index contributed by atoms with van der Waals surface area (Å²) in [6, 6.07) is 8.24. The Morgan fingerprint density at radius 2 is 1.96 bits per heavy atom. The van der Waals surface area contributed by atoms with E-state index in [9.17, 15) is 9.59 Å². The Kier molecular flexibility index (Phi) is 6.03. The Hall–Kier alpha value is -1.84. The number of benzene rings is 1. The van der Waals surface area contributed by atoms with Gasteiger partial charge in [0.1, 0.15) is 5.41 Å². The molecular weight excluding hydrogens is 300 g/mol. The number of amides is 2. The average Bonchev–Trinajstić information content (AvgIpc) is 2.59. The fraction of sp³-hybridized carbons (Fsp3) is 0.600. The summed E-state index contributed by atoms with van der Waals surface area (Å²) in [5.74, 6) is -0.243. The third kappa shape index (κ3) is 3.97. The van der Waals surface area contributed by atoms with Crippen LogP contribution in [0.3, 0.4) is 0 Å². The monoisotopic (exact) mass is 330 g/mol. The standard InChI is InChI=1S/C20H30N2O2/c1-5-17-12-8-9-13-22(17)19(24)20(3,4)18(23)21-14-16-11-7-6-10-15(16)2/h6-7,10-11,17H,5,8-9,12-14H2,1-4H3,(H,21,23). The van der Waals surface area contributed by atoms with Crippen LogP contribution in [0.1, 0.15) is 57.6 Å². The highest BCUT2D eigenvalue weighted by molar-refractivity contribution is 6.04. The number of aryl methyl sites for hydroxylation is 1. The van der Waals surface area contributed by atoms with Gasteiger partial charge in [0, 0.05) is 19.1 Å². The average molecular weight is 330 g/mol. The van der Waals surface area contributed by atoms with Crippen molar-refractivity contribution in [3.63, 3.8) is 0 Å². The van der Waals surface area contributed by atoms with Gasteiger partial charge in [-0.3, -0.25) is 9.59 Å². The maximum Gasteiger partial charge on any atom is 0.237 e. The maximum atomic E-state index is 13.0. The zero-order chi connectivity index (χ0) is 17.7. The molecule has 0 bridgehead atoms. The normalized spacial score (nSPS) is 18.3. The molecule has 1 heterocycles. The van der Waals surface area contributed by atoms with Crippen molar-refractivity contribution in [2.75, 3.05) is 6.54 Å². The minimum Gasteiger partial charge on any atom is -0.351 e. The van der Waals surface area contributed by atoms with Crippen LogP contribution in [-0.2, 0) is 16.1 Å². The van der Waals surface area contributed by atoms with Gasteiger partial charge in [0.25, 0.3) is 0 Å². The van der Waals surface area contributed by atoms with Crippen LogP contribution < -0.4 is 5.32 Å². The summed E-state index contributed by atoms with van der Waals surface area (Å²) in [5, 5.41) is 2.95. The van der Waals surface area contributed by atoms with Crippen LogP contribution in [0.2, 0.25) is 0 Å². The number of likely N-dealkylation sites (tertiary alicyclic amines) is 1. The molecule has 1 aromatic rings. The lowest BCUT2D eigenvalue weighted by molar-refractivity contribution is -0.151. The molecular formula is C20H30N2O2. The summed E-state index contributed by atoms with van der Waals surface area (Å²) in [7, 11) is 0. The molecule has 1 fully saturated rings. The van der Waals surface area contributed by atoms with Crippen molar-refractivity contribution in [3.05, 3.63) is 35.4 Å². The van der Waals surface area contributed by atoms with Crippen LogP contribution >= 0.6 is 0 Å². The number of nitrogens with zero attached hydrogens (tertiary/aromatic N) is 1. The molecule has 0 aromatic heterocycles. The zero-order valence-corrected chi connectivity index (χ0v) is 15.4. The van der Waals surface area contributed by atoms with Crippen LogP contribution in [0.4, 0.5) is 0 Å². The summed E-state index contributed by atoms with van der Waals surface area (Å²) in [6.45, 7) is 8.85. The van der Waals surface area contributed by atoms with Gasteiger partial charge in [0.15, 0.2) is 0 Å². The number of carbonyl (C=O) groups excluding carboxylic acids is 2. The topological polar surface area (TPSA) is 49.4 Å². The molecule has 132 valence electrons. The second kappa shape index (κ2) is 7.82. The van der Waals surface area contributed by atoms with Crippen molar-refractivity contribution in [2.24, 2.45) is 5.41 Å². The Morgan fingerprint density at radius 3 is 2.62 bits per heavy atom. The molecule has 2 amide bonds. The highest BCUT2D eigenvalue weighted by Gasteiger charge is 2.41. The molecule has 1 unspecified atom stereocenters. The summed E-state index contributed by atoms with van der Waals surface area (Å²) >= 11 is 0. The van der Waals surface area contributed by atoms with Crippen LogP contribution in [0, 0.1) is 12.3 Å². The van der Waals surface area contributed by atoms with E-state index in [4.69, 9.17) is 0 Å². The molecule has 2 rings (SSSR count). The Balaban J connectivity index is 2.03. The Labute approximate surface area is 145 Å². The molecule has 0 aliphatic carbocycles. The molecule has 4 nitrogen and oxygen atoms in total. The van der Waals surface area contributed by atoms with E-state index in [0.717, 1.165) is 36.9 Å². The highest BCUT2D eigenvalue weighted by Crippen LogP contribution is 2.27. The lowest BCUT2D eigenvalue weighted by atomic mass is 9.87. The number of carbonyl (C=O) groups is 2. The van der Waals surface area contributed by atoms with E-state index in [-0.39, 0.29) is 17.9 Å². The van der Waals surface area contributed by atoms with E-state index in [0.29, 0.717) is 6.54 Å². The summed E-state index contributed by atoms with van der Waals surface area (Å²) in [5.41, 5.74) is 1.19. The van der Waals surface area contributed by atoms with Crippen molar-refractivity contribution in [3.8, 4) is 0 Å². The molecule has 0 saturated carbocycles. The molecule has 24 heavy (non-hydrogen) atoms. The molecule has 1 saturated heterocycles. The second-order valence-electron chi connectivity index (χ2n) is 7.29. The van der Waals surface area contributed by atoms with Crippen molar-refractivity contribution in [2.45, 2.75) is 66.0 Å². The first-order chi connectivity index (χ1) is 11.4. The van der Waals surface area contributed by atoms with Crippen molar-refractivity contribution < 1.29 is 9.59 Å². The van der Waals surface area contributed by atoms with E-state index in [1.54, 1.807) is 13.8 Å². The Morgan fingerprint density at radius 1 is 1.25 bits per heavy atom. The Bertz CT molecular complexity index is 595. The SMILES string of the molecule is CCC1CCCCN1C(=O)C(C)(C)C(=O)NCc1ccccc1C. The highest BCUT2D eigenvalue weighted by atomic mass is 16.2. The van der Waals surface area contributed by atoms with E-state index < -0.39 is 5.41 Å². The minimum absolute atomic E-state index is 0.0451. The van der Waals surface area contributed by atoms with Gasteiger partial charge in [0.2, 0.25) is 11.8 Å². The van der Waals surface area contributed by atoms with Crippen LogP contribution in [0.5, 0.6) is 0 Å². The third-order valence-corrected chi connectivity index (χ3v) is 5.16. The fourth-order valence-electron chi connectivity index (χ4n) is 3.35. The van der Waals surface area contributed by atoms with Gasteiger partial charge in [-0.25, -0.2) is 0 Å². The first kappa shape index (κ1) is 18.5. The molecule has 0 spiro atoms. The van der Waals surface area contributed by atoms with Crippen molar-refractivity contribution in [1.29, 1.82) is 0 Å². The number of hydrogen-bond donors (Lipinski definition) is 1. The van der Waals surface area contributed by atoms with Crippen LogP contribution in [0.25, 0.3) is 0 Å². The molecule has 4 heteroatoms. The number of rotatable bonds is 5. The molecule has 1 atom stereocenters. The smallest absolute Gasteiger partial charge is 0.237 e. The maximum absolute atomic E-state index is 13.0. The van der Waals surface area contributed by atoms with Gasteiger partial charge in [-0.1, -0.05) is 31.2 Å². The third-order valence-electron chi connectivity index (χ3n) is 5.16. The lowest BCUT2D eigenvalue weighted by Gasteiger charge is -2.39. The summed E-state index contributed by atoms with van der Waals surface area (Å²) in [6.07, 6.45) is 4.20.